The van der Waals surface area contributed by atoms with Crippen molar-refractivity contribution in [1.29, 1.82) is 0 Å². The first-order valence-corrected chi connectivity index (χ1v) is 9.42. The number of halogens is 2. The van der Waals surface area contributed by atoms with E-state index in [0.717, 1.165) is 39.1 Å². The van der Waals surface area contributed by atoms with Gasteiger partial charge in [-0.25, -0.2) is 4.98 Å². The van der Waals surface area contributed by atoms with Gasteiger partial charge in [0, 0.05) is 26.6 Å². The van der Waals surface area contributed by atoms with Crippen molar-refractivity contribution in [3.8, 4) is 11.1 Å². The van der Waals surface area contributed by atoms with E-state index in [1.165, 1.54) is 0 Å². The first kappa shape index (κ1) is 16.4. The van der Waals surface area contributed by atoms with Gasteiger partial charge in [0.1, 0.15) is 6.17 Å². The number of anilines is 2. The SMILES string of the molecule is Clc1ccc(Cl)c(-c2cc3ccccc3nc2C2Nc3ccccc3N2)c1. The van der Waals surface area contributed by atoms with Crippen molar-refractivity contribution in [2.75, 3.05) is 10.6 Å². The van der Waals surface area contributed by atoms with E-state index in [0.29, 0.717) is 10.0 Å². The predicted octanol–water partition coefficient (Wildman–Crippen LogP) is 6.74. The highest BCUT2D eigenvalue weighted by Gasteiger charge is 2.26. The molecule has 1 aromatic heterocycles. The summed E-state index contributed by atoms with van der Waals surface area (Å²) >= 11 is 12.8. The first-order valence-electron chi connectivity index (χ1n) is 8.66. The second-order valence-corrected chi connectivity index (χ2v) is 7.35. The molecule has 0 amide bonds. The van der Waals surface area contributed by atoms with Crippen molar-refractivity contribution in [1.82, 2.24) is 4.98 Å². The Morgan fingerprint density at radius 1 is 0.741 bits per heavy atom. The van der Waals surface area contributed by atoms with Gasteiger partial charge in [-0.1, -0.05) is 53.5 Å². The molecule has 0 saturated carbocycles. The Morgan fingerprint density at radius 3 is 2.22 bits per heavy atom. The van der Waals surface area contributed by atoms with Gasteiger partial charge in [-0.15, -0.1) is 0 Å². The molecule has 2 heterocycles. The third-order valence-corrected chi connectivity index (χ3v) is 5.34. The van der Waals surface area contributed by atoms with Gasteiger partial charge >= 0.3 is 0 Å². The van der Waals surface area contributed by atoms with Crippen LogP contribution in [0.5, 0.6) is 0 Å². The standard InChI is InChI=1S/C22H15Cl2N3/c23-14-9-10-17(24)15(12-14)16-11-13-5-1-2-6-18(13)25-21(16)22-26-19-7-3-4-8-20(19)27-22/h1-12,22,26-27H. The van der Waals surface area contributed by atoms with Crippen LogP contribution in [0.4, 0.5) is 11.4 Å². The molecular weight excluding hydrogens is 377 g/mol. The third kappa shape index (κ3) is 2.89. The number of nitrogens with zero attached hydrogens (tertiary/aromatic N) is 1. The molecular formula is C22H15Cl2N3. The number of hydrogen-bond acceptors (Lipinski definition) is 3. The maximum absolute atomic E-state index is 6.52. The number of fused-ring (bicyclic) bond motifs is 2. The summed E-state index contributed by atoms with van der Waals surface area (Å²) in [7, 11) is 0. The van der Waals surface area contributed by atoms with Crippen LogP contribution in [0.1, 0.15) is 11.9 Å². The highest BCUT2D eigenvalue weighted by atomic mass is 35.5. The number of rotatable bonds is 2. The second kappa shape index (κ2) is 6.45. The van der Waals surface area contributed by atoms with E-state index in [4.69, 9.17) is 28.2 Å². The van der Waals surface area contributed by atoms with E-state index < -0.39 is 0 Å². The summed E-state index contributed by atoms with van der Waals surface area (Å²) in [6, 6.07) is 23.8. The highest BCUT2D eigenvalue weighted by Crippen LogP contribution is 2.40. The Labute approximate surface area is 167 Å². The number of para-hydroxylation sites is 3. The zero-order valence-electron chi connectivity index (χ0n) is 14.2. The lowest BCUT2D eigenvalue weighted by molar-refractivity contribution is 0.898. The van der Waals surface area contributed by atoms with Crippen LogP contribution in [0.25, 0.3) is 22.0 Å². The van der Waals surface area contributed by atoms with E-state index in [2.05, 4.69) is 34.9 Å². The minimum atomic E-state index is -0.156. The molecule has 0 aliphatic carbocycles. The van der Waals surface area contributed by atoms with Gasteiger partial charge in [0.2, 0.25) is 0 Å². The summed E-state index contributed by atoms with van der Waals surface area (Å²) in [5.74, 6) is 0. The topological polar surface area (TPSA) is 37.0 Å². The monoisotopic (exact) mass is 391 g/mol. The lowest BCUT2D eigenvalue weighted by Crippen LogP contribution is -2.15. The van der Waals surface area contributed by atoms with Crippen molar-refractivity contribution in [3.63, 3.8) is 0 Å². The van der Waals surface area contributed by atoms with Crippen LogP contribution in [-0.2, 0) is 0 Å². The van der Waals surface area contributed by atoms with Gasteiger partial charge < -0.3 is 10.6 Å². The Morgan fingerprint density at radius 2 is 1.44 bits per heavy atom. The minimum absolute atomic E-state index is 0.156. The van der Waals surface area contributed by atoms with Gasteiger partial charge in [-0.05, 0) is 42.5 Å². The average molecular weight is 392 g/mol. The molecule has 0 fully saturated rings. The van der Waals surface area contributed by atoms with Crippen LogP contribution in [0.3, 0.4) is 0 Å². The maximum Gasteiger partial charge on any atom is 0.141 e. The van der Waals surface area contributed by atoms with Gasteiger partial charge in [-0.2, -0.15) is 0 Å². The molecule has 3 nitrogen and oxygen atoms in total. The number of nitrogens with one attached hydrogen (secondary N) is 2. The Balaban J connectivity index is 1.72. The number of hydrogen-bond donors (Lipinski definition) is 2. The summed E-state index contributed by atoms with van der Waals surface area (Å²) in [6.07, 6.45) is -0.156. The Hall–Kier alpha value is -2.75. The smallest absolute Gasteiger partial charge is 0.141 e. The van der Waals surface area contributed by atoms with Gasteiger partial charge in [0.25, 0.3) is 0 Å². The fourth-order valence-corrected chi connectivity index (χ4v) is 3.88. The molecule has 5 heteroatoms. The molecule has 0 bridgehead atoms. The molecule has 27 heavy (non-hydrogen) atoms. The van der Waals surface area contributed by atoms with Crippen molar-refractivity contribution in [3.05, 3.63) is 88.5 Å². The van der Waals surface area contributed by atoms with Crippen LogP contribution in [0.15, 0.2) is 72.8 Å². The zero-order valence-corrected chi connectivity index (χ0v) is 15.7. The van der Waals surface area contributed by atoms with Crippen LogP contribution >= 0.6 is 23.2 Å². The molecule has 1 aliphatic heterocycles. The van der Waals surface area contributed by atoms with Gasteiger partial charge in [0.15, 0.2) is 0 Å². The predicted molar refractivity (Wildman–Crippen MR) is 114 cm³/mol. The van der Waals surface area contributed by atoms with Crippen LogP contribution in [0, 0.1) is 0 Å². The van der Waals surface area contributed by atoms with Gasteiger partial charge in [-0.3, -0.25) is 0 Å². The third-order valence-electron chi connectivity index (χ3n) is 4.77. The highest BCUT2D eigenvalue weighted by molar-refractivity contribution is 6.35. The molecule has 132 valence electrons. The number of benzene rings is 3. The Kier molecular flexibility index (Phi) is 3.92. The normalized spacial score (nSPS) is 13.3. The van der Waals surface area contributed by atoms with E-state index in [-0.39, 0.29) is 6.17 Å². The summed E-state index contributed by atoms with van der Waals surface area (Å²) in [4.78, 5) is 4.96. The van der Waals surface area contributed by atoms with Crippen molar-refractivity contribution in [2.45, 2.75) is 6.17 Å². The average Bonchev–Trinajstić information content (AvgIpc) is 3.13. The number of pyridine rings is 1. The van der Waals surface area contributed by atoms with E-state index in [1.807, 2.05) is 42.5 Å². The summed E-state index contributed by atoms with van der Waals surface area (Å²) in [5.41, 5.74) is 5.76. The molecule has 1 aliphatic rings. The molecule has 5 rings (SSSR count). The molecule has 0 radical (unpaired) electrons. The van der Waals surface area contributed by atoms with Crippen LogP contribution < -0.4 is 10.6 Å². The quantitative estimate of drug-likeness (QED) is 0.396. The fourth-order valence-electron chi connectivity index (χ4n) is 3.49. The number of aromatic nitrogens is 1. The summed E-state index contributed by atoms with van der Waals surface area (Å²) < 4.78 is 0. The maximum atomic E-state index is 6.52. The summed E-state index contributed by atoms with van der Waals surface area (Å²) in [5, 5.41) is 9.37. The first-order chi connectivity index (χ1) is 13.2. The van der Waals surface area contributed by atoms with Gasteiger partial charge in [0.05, 0.1) is 22.6 Å². The summed E-state index contributed by atoms with van der Waals surface area (Å²) in [6.45, 7) is 0. The van der Waals surface area contributed by atoms with E-state index in [9.17, 15) is 0 Å². The van der Waals surface area contributed by atoms with E-state index >= 15 is 0 Å². The minimum Gasteiger partial charge on any atom is -0.359 e. The van der Waals surface area contributed by atoms with Crippen molar-refractivity contribution in [2.24, 2.45) is 0 Å². The zero-order chi connectivity index (χ0) is 18.4. The molecule has 0 atom stereocenters. The molecule has 0 saturated heterocycles. The fraction of sp³-hybridized carbons (Fsp3) is 0.0455. The van der Waals surface area contributed by atoms with Crippen molar-refractivity contribution < 1.29 is 0 Å². The van der Waals surface area contributed by atoms with E-state index in [1.54, 1.807) is 6.07 Å². The lowest BCUT2D eigenvalue weighted by atomic mass is 10.00. The largest absolute Gasteiger partial charge is 0.359 e. The second-order valence-electron chi connectivity index (χ2n) is 6.51. The van der Waals surface area contributed by atoms with Crippen LogP contribution in [0.2, 0.25) is 10.0 Å². The molecule has 3 aromatic carbocycles. The molecule has 4 aromatic rings. The lowest BCUT2D eigenvalue weighted by Gasteiger charge is -2.18. The Bertz CT molecular complexity index is 1150. The molecule has 0 unspecified atom stereocenters. The molecule has 0 spiro atoms. The molecule has 2 N–H and O–H groups in total. The van der Waals surface area contributed by atoms with Crippen LogP contribution in [-0.4, -0.2) is 4.98 Å². The van der Waals surface area contributed by atoms with Crippen molar-refractivity contribution >= 4 is 45.5 Å².